The molecule has 0 aliphatic rings. The lowest BCUT2D eigenvalue weighted by atomic mass is 9.98. The van der Waals surface area contributed by atoms with Crippen LogP contribution in [0.2, 0.25) is 0 Å². The Morgan fingerprint density at radius 3 is 2.65 bits per heavy atom. The van der Waals surface area contributed by atoms with E-state index in [0.717, 1.165) is 39.1 Å². The molecule has 0 amide bonds. The first-order valence-corrected chi connectivity index (χ1v) is 7.87. The van der Waals surface area contributed by atoms with Gasteiger partial charge in [0.25, 0.3) is 0 Å². The lowest BCUT2D eigenvalue weighted by Gasteiger charge is -2.14. The van der Waals surface area contributed by atoms with Gasteiger partial charge >= 0.3 is 6.16 Å². The first kappa shape index (κ1) is 15.3. The Bertz CT molecular complexity index is 881. The van der Waals surface area contributed by atoms with E-state index in [1.165, 1.54) is 0 Å². The second kappa shape index (κ2) is 6.29. The number of hydrogen-bond donors (Lipinski definition) is 0. The molecule has 3 aromatic carbocycles. The van der Waals surface area contributed by atoms with Crippen molar-refractivity contribution in [3.8, 4) is 5.75 Å². The van der Waals surface area contributed by atoms with Crippen LogP contribution in [0, 0.1) is 13.8 Å². The van der Waals surface area contributed by atoms with E-state index in [0.29, 0.717) is 12.4 Å². The number of carbonyl (C=O) groups is 1. The number of carbonyl (C=O) groups excluding carboxylic acids is 1. The third kappa shape index (κ3) is 3.00. The van der Waals surface area contributed by atoms with Crippen molar-refractivity contribution in [2.75, 3.05) is 6.61 Å². The summed E-state index contributed by atoms with van der Waals surface area (Å²) in [5.74, 6) is 0.584. The summed E-state index contributed by atoms with van der Waals surface area (Å²) in [6.07, 6.45) is 0.120. The van der Waals surface area contributed by atoms with E-state index in [-0.39, 0.29) is 0 Å². The fourth-order valence-corrected chi connectivity index (χ4v) is 2.82. The molecule has 0 spiro atoms. The van der Waals surface area contributed by atoms with E-state index >= 15 is 0 Å². The largest absolute Gasteiger partial charge is 0.513 e. The van der Waals surface area contributed by atoms with Crippen LogP contribution in [0.25, 0.3) is 21.5 Å². The minimum Gasteiger partial charge on any atom is -0.434 e. The van der Waals surface area contributed by atoms with Crippen LogP contribution in [-0.2, 0) is 4.74 Å². The van der Waals surface area contributed by atoms with Crippen molar-refractivity contribution < 1.29 is 14.3 Å². The van der Waals surface area contributed by atoms with Crippen LogP contribution in [0.1, 0.15) is 24.5 Å². The van der Waals surface area contributed by atoms with E-state index in [9.17, 15) is 4.79 Å². The Kier molecular flexibility index (Phi) is 4.20. The Morgan fingerprint density at radius 2 is 1.87 bits per heavy atom. The van der Waals surface area contributed by atoms with Gasteiger partial charge in [-0.2, -0.15) is 0 Å². The van der Waals surface area contributed by atoms with Crippen molar-refractivity contribution in [3.05, 3.63) is 53.6 Å². The number of aryl methyl sites for hydroxylation is 2. The van der Waals surface area contributed by atoms with Gasteiger partial charge in [-0.1, -0.05) is 42.8 Å². The Balaban J connectivity index is 2.24. The van der Waals surface area contributed by atoms with Gasteiger partial charge in [0, 0.05) is 10.8 Å². The van der Waals surface area contributed by atoms with Crippen LogP contribution in [0.3, 0.4) is 0 Å². The minimum atomic E-state index is -0.648. The fourth-order valence-electron chi connectivity index (χ4n) is 2.82. The molecule has 0 aliphatic carbocycles. The van der Waals surface area contributed by atoms with Crippen LogP contribution in [0.15, 0.2) is 42.5 Å². The molecule has 0 atom stereocenters. The van der Waals surface area contributed by atoms with Gasteiger partial charge in [0.2, 0.25) is 0 Å². The van der Waals surface area contributed by atoms with Crippen LogP contribution >= 0.6 is 0 Å². The predicted octanol–water partition coefficient (Wildman–Crippen LogP) is 5.54. The molecule has 3 rings (SSSR count). The van der Waals surface area contributed by atoms with Crippen molar-refractivity contribution in [1.82, 2.24) is 0 Å². The summed E-state index contributed by atoms with van der Waals surface area (Å²) in [5, 5.41) is 3.99. The molecule has 0 unspecified atom stereocenters. The molecular weight excluding hydrogens is 288 g/mol. The lowest BCUT2D eigenvalue weighted by molar-refractivity contribution is 0.100. The van der Waals surface area contributed by atoms with Gasteiger partial charge < -0.3 is 9.47 Å². The van der Waals surface area contributed by atoms with Crippen LogP contribution in [0.5, 0.6) is 5.75 Å². The van der Waals surface area contributed by atoms with Crippen LogP contribution in [0.4, 0.5) is 4.79 Å². The smallest absolute Gasteiger partial charge is 0.434 e. The number of ether oxygens (including phenoxy) is 2. The number of hydrogen-bond acceptors (Lipinski definition) is 3. The van der Waals surface area contributed by atoms with Gasteiger partial charge in [-0.3, -0.25) is 0 Å². The standard InChI is InChI=1S/C20H20O3/c1-4-10-22-20(21)23-19-17-11-13(2)8-9-15(17)12-16-7-5-6-14(3)18(16)19/h5-9,11-12H,4,10H2,1-3H3. The summed E-state index contributed by atoms with van der Waals surface area (Å²) in [7, 11) is 0. The first-order chi connectivity index (χ1) is 11.1. The second-order valence-electron chi connectivity index (χ2n) is 5.80. The topological polar surface area (TPSA) is 35.5 Å². The van der Waals surface area contributed by atoms with E-state index in [1.54, 1.807) is 0 Å². The summed E-state index contributed by atoms with van der Waals surface area (Å²) >= 11 is 0. The van der Waals surface area contributed by atoms with E-state index in [1.807, 2.05) is 45.0 Å². The zero-order chi connectivity index (χ0) is 16.4. The third-order valence-corrected chi connectivity index (χ3v) is 3.91. The summed E-state index contributed by atoms with van der Waals surface area (Å²) < 4.78 is 10.7. The molecule has 3 nitrogen and oxygen atoms in total. The highest BCUT2D eigenvalue weighted by molar-refractivity contribution is 6.07. The van der Waals surface area contributed by atoms with Gasteiger partial charge in [-0.25, -0.2) is 4.79 Å². The minimum absolute atomic E-state index is 0.361. The normalized spacial score (nSPS) is 10.9. The first-order valence-electron chi connectivity index (χ1n) is 7.87. The second-order valence-corrected chi connectivity index (χ2v) is 5.80. The molecule has 0 saturated heterocycles. The molecule has 0 heterocycles. The highest BCUT2D eigenvalue weighted by Gasteiger charge is 2.15. The van der Waals surface area contributed by atoms with E-state index in [4.69, 9.17) is 9.47 Å². The maximum absolute atomic E-state index is 12.0. The van der Waals surface area contributed by atoms with Gasteiger partial charge in [-0.15, -0.1) is 0 Å². The zero-order valence-electron chi connectivity index (χ0n) is 13.7. The van der Waals surface area contributed by atoms with Crippen molar-refractivity contribution in [3.63, 3.8) is 0 Å². The van der Waals surface area contributed by atoms with Crippen molar-refractivity contribution in [2.45, 2.75) is 27.2 Å². The highest BCUT2D eigenvalue weighted by atomic mass is 16.7. The maximum atomic E-state index is 12.0. The van der Waals surface area contributed by atoms with Crippen molar-refractivity contribution >= 4 is 27.7 Å². The third-order valence-electron chi connectivity index (χ3n) is 3.91. The highest BCUT2D eigenvalue weighted by Crippen LogP contribution is 2.37. The average Bonchev–Trinajstić information content (AvgIpc) is 2.53. The molecule has 0 saturated carbocycles. The molecule has 0 N–H and O–H groups in total. The number of benzene rings is 3. The zero-order valence-corrected chi connectivity index (χ0v) is 13.7. The average molecular weight is 308 g/mol. The maximum Gasteiger partial charge on any atom is 0.513 e. The molecule has 0 bridgehead atoms. The Morgan fingerprint density at radius 1 is 1.04 bits per heavy atom. The van der Waals surface area contributed by atoms with Crippen molar-refractivity contribution in [1.29, 1.82) is 0 Å². The molecule has 23 heavy (non-hydrogen) atoms. The van der Waals surface area contributed by atoms with Gasteiger partial charge in [0.05, 0.1) is 6.61 Å². The van der Waals surface area contributed by atoms with Crippen molar-refractivity contribution in [2.24, 2.45) is 0 Å². The number of rotatable bonds is 3. The van der Waals surface area contributed by atoms with Gasteiger partial charge in [-0.05, 0) is 48.7 Å². The van der Waals surface area contributed by atoms with E-state index in [2.05, 4.69) is 18.2 Å². The lowest BCUT2D eigenvalue weighted by Crippen LogP contribution is -2.11. The Hall–Kier alpha value is -2.55. The molecule has 118 valence electrons. The summed E-state index contributed by atoms with van der Waals surface area (Å²) in [6.45, 7) is 6.36. The molecular formula is C20H20O3. The quantitative estimate of drug-likeness (QED) is 0.362. The SMILES string of the molecule is CCCOC(=O)Oc1c2cc(C)ccc2cc2cccc(C)c12. The monoisotopic (exact) mass is 308 g/mol. The van der Waals surface area contributed by atoms with Crippen LogP contribution < -0.4 is 4.74 Å². The summed E-state index contributed by atoms with van der Waals surface area (Å²) in [4.78, 5) is 12.0. The van der Waals surface area contributed by atoms with Gasteiger partial charge in [0.15, 0.2) is 0 Å². The predicted molar refractivity (Wildman–Crippen MR) is 93.2 cm³/mol. The molecule has 3 aromatic rings. The molecule has 3 heteroatoms. The molecule has 0 aliphatic heterocycles. The molecule has 0 radical (unpaired) electrons. The number of fused-ring (bicyclic) bond motifs is 2. The Labute approximate surface area is 135 Å². The summed E-state index contributed by atoms with van der Waals surface area (Å²) in [5.41, 5.74) is 2.20. The molecule has 0 aromatic heterocycles. The van der Waals surface area contributed by atoms with E-state index < -0.39 is 6.16 Å². The van der Waals surface area contributed by atoms with Gasteiger partial charge in [0.1, 0.15) is 5.75 Å². The van der Waals surface area contributed by atoms with Crippen LogP contribution in [-0.4, -0.2) is 12.8 Å². The summed E-state index contributed by atoms with van der Waals surface area (Å²) in [6, 6.07) is 14.3. The molecule has 0 fully saturated rings. The fraction of sp³-hybridized carbons (Fsp3) is 0.250.